The zero-order valence-electron chi connectivity index (χ0n) is 13.9. The average molecular weight is 359 g/mol. The van der Waals surface area contributed by atoms with Gasteiger partial charge in [-0.25, -0.2) is 0 Å². The predicted octanol–water partition coefficient (Wildman–Crippen LogP) is 2.55. The van der Waals surface area contributed by atoms with E-state index >= 15 is 0 Å². The molecule has 1 N–H and O–H groups in total. The van der Waals surface area contributed by atoms with Crippen LogP contribution < -0.4 is 0 Å². The first-order valence-corrected chi connectivity index (χ1v) is 9.03. The number of morpholine rings is 1. The minimum Gasteiger partial charge on any atom is -0.375 e. The second-order valence-corrected chi connectivity index (χ2v) is 6.75. The van der Waals surface area contributed by atoms with Gasteiger partial charge in [-0.1, -0.05) is 18.2 Å². The van der Waals surface area contributed by atoms with E-state index < -0.39 is 0 Å². The number of ether oxygens (including phenoxy) is 2. The summed E-state index contributed by atoms with van der Waals surface area (Å²) in [5.74, 6) is -0.0394. The molecule has 132 valence electrons. The van der Waals surface area contributed by atoms with Gasteiger partial charge in [0, 0.05) is 31.6 Å². The van der Waals surface area contributed by atoms with Gasteiger partial charge in [0.05, 0.1) is 12.7 Å². The molecule has 0 radical (unpaired) electrons. The monoisotopic (exact) mass is 359 g/mol. The zero-order chi connectivity index (χ0) is 17.2. The minimum atomic E-state index is -0.0488. The number of carbonyl (C=O) groups excluding carboxylic acids is 1. The topological polar surface area (TPSA) is 59.5 Å². The summed E-state index contributed by atoms with van der Waals surface area (Å²) >= 11 is 5.38. The van der Waals surface area contributed by atoms with E-state index in [-0.39, 0.29) is 18.1 Å². The van der Waals surface area contributed by atoms with E-state index in [1.165, 1.54) is 0 Å². The number of nitrogens with zero attached hydrogens (tertiary/aromatic N) is 2. The van der Waals surface area contributed by atoms with Crippen molar-refractivity contribution in [2.75, 3.05) is 26.3 Å². The number of hydrogen-bond acceptors (Lipinski definition) is 4. The Labute approximate surface area is 151 Å². The van der Waals surface area contributed by atoms with Gasteiger partial charge < -0.3 is 19.4 Å². The van der Waals surface area contributed by atoms with Crippen LogP contribution in [0.4, 0.5) is 0 Å². The fourth-order valence-corrected chi connectivity index (χ4v) is 3.76. The van der Waals surface area contributed by atoms with Crippen molar-refractivity contribution in [3.8, 4) is 5.69 Å². The van der Waals surface area contributed by atoms with E-state index in [1.807, 2.05) is 35.2 Å². The maximum atomic E-state index is 13.1. The highest BCUT2D eigenvalue weighted by Crippen LogP contribution is 2.22. The molecule has 2 aliphatic heterocycles. The van der Waals surface area contributed by atoms with E-state index in [4.69, 9.17) is 21.7 Å². The fourth-order valence-electron chi connectivity index (χ4n) is 3.50. The first-order chi connectivity index (χ1) is 12.2. The second kappa shape index (κ2) is 7.11. The van der Waals surface area contributed by atoms with Crippen LogP contribution in [0.15, 0.2) is 36.5 Å². The van der Waals surface area contributed by atoms with Gasteiger partial charge in [-0.05, 0) is 37.2 Å². The first kappa shape index (κ1) is 16.5. The number of carbonyl (C=O) groups is 1. The van der Waals surface area contributed by atoms with Gasteiger partial charge in [0.1, 0.15) is 11.8 Å². The first-order valence-electron chi connectivity index (χ1n) is 8.62. The van der Waals surface area contributed by atoms with Crippen LogP contribution in [0.2, 0.25) is 0 Å². The van der Waals surface area contributed by atoms with Gasteiger partial charge in [0.2, 0.25) is 0 Å². The van der Waals surface area contributed by atoms with E-state index in [9.17, 15) is 4.79 Å². The number of hydrogen-bond donors (Lipinski definition) is 1. The van der Waals surface area contributed by atoms with Gasteiger partial charge in [-0.3, -0.25) is 9.36 Å². The molecule has 1 aromatic heterocycles. The van der Waals surface area contributed by atoms with Gasteiger partial charge in [-0.2, -0.15) is 0 Å². The highest BCUT2D eigenvalue weighted by molar-refractivity contribution is 7.71. The van der Waals surface area contributed by atoms with Gasteiger partial charge in [0.25, 0.3) is 5.91 Å². The van der Waals surface area contributed by atoms with Crippen LogP contribution in [-0.4, -0.2) is 58.9 Å². The maximum Gasteiger partial charge on any atom is 0.272 e. The molecule has 4 rings (SSSR count). The van der Waals surface area contributed by atoms with Gasteiger partial charge in [0.15, 0.2) is 4.77 Å². The number of amides is 1. The molecular weight excluding hydrogens is 338 g/mol. The van der Waals surface area contributed by atoms with E-state index in [0.717, 1.165) is 25.1 Å². The Hall–Kier alpha value is -1.96. The summed E-state index contributed by atoms with van der Waals surface area (Å²) in [5, 5.41) is 0. The Morgan fingerprint density at radius 1 is 1.16 bits per heavy atom. The molecule has 1 amide bonds. The van der Waals surface area contributed by atoms with E-state index in [2.05, 4.69) is 4.98 Å². The van der Waals surface area contributed by atoms with Crippen LogP contribution >= 0.6 is 12.2 Å². The summed E-state index contributed by atoms with van der Waals surface area (Å²) in [5.41, 5.74) is 1.42. The number of nitrogens with one attached hydrogen (secondary N) is 1. The summed E-state index contributed by atoms with van der Waals surface area (Å²) in [6, 6.07) is 9.68. The molecule has 0 spiro atoms. The Kier molecular flexibility index (Phi) is 4.70. The van der Waals surface area contributed by atoms with Crippen molar-refractivity contribution in [1.82, 2.24) is 14.5 Å². The van der Waals surface area contributed by atoms with E-state index in [0.29, 0.717) is 30.2 Å². The highest BCUT2D eigenvalue weighted by Gasteiger charge is 2.34. The Morgan fingerprint density at radius 2 is 1.96 bits per heavy atom. The molecular formula is C18H21N3O3S. The quantitative estimate of drug-likeness (QED) is 0.856. The molecule has 2 aromatic rings. The largest absolute Gasteiger partial charge is 0.375 e. The molecule has 0 aliphatic carbocycles. The summed E-state index contributed by atoms with van der Waals surface area (Å²) in [6.07, 6.45) is 3.79. The third-order valence-electron chi connectivity index (χ3n) is 4.77. The van der Waals surface area contributed by atoms with Crippen molar-refractivity contribution in [1.29, 1.82) is 0 Å². The van der Waals surface area contributed by atoms with Crippen molar-refractivity contribution in [2.24, 2.45) is 0 Å². The average Bonchev–Trinajstić information content (AvgIpc) is 3.32. The maximum absolute atomic E-state index is 13.1. The molecule has 2 atom stereocenters. The molecule has 0 unspecified atom stereocenters. The van der Waals surface area contributed by atoms with Crippen LogP contribution in [0.25, 0.3) is 5.69 Å². The van der Waals surface area contributed by atoms with Crippen LogP contribution in [0.1, 0.15) is 23.3 Å². The van der Waals surface area contributed by atoms with Crippen LogP contribution in [0, 0.1) is 4.77 Å². The van der Waals surface area contributed by atoms with Gasteiger partial charge >= 0.3 is 0 Å². The van der Waals surface area contributed by atoms with Crippen LogP contribution in [0.5, 0.6) is 0 Å². The predicted molar refractivity (Wildman–Crippen MR) is 95.6 cm³/mol. The molecule has 0 saturated carbocycles. The summed E-state index contributed by atoms with van der Waals surface area (Å²) < 4.78 is 13.9. The third kappa shape index (κ3) is 3.27. The standard InChI is InChI=1S/C18H21N3O3S/c22-17(20-8-10-24-16(12-20)15-7-4-9-23-15)14-11-19-18(25)21(14)13-5-2-1-3-6-13/h1-3,5-6,11,15-16H,4,7-10,12H2,(H,19,25)/t15-,16-/m1/s1. The number of aromatic amines is 1. The molecule has 3 heterocycles. The second-order valence-electron chi connectivity index (χ2n) is 6.36. The summed E-state index contributed by atoms with van der Waals surface area (Å²) in [7, 11) is 0. The molecule has 2 fully saturated rings. The van der Waals surface area contributed by atoms with Crippen molar-refractivity contribution < 1.29 is 14.3 Å². The Balaban J connectivity index is 1.58. The fraction of sp³-hybridized carbons (Fsp3) is 0.444. The third-order valence-corrected chi connectivity index (χ3v) is 5.07. The summed E-state index contributed by atoms with van der Waals surface area (Å²) in [4.78, 5) is 17.9. The van der Waals surface area contributed by atoms with Crippen molar-refractivity contribution in [3.63, 3.8) is 0 Å². The Bertz CT molecular complexity index is 795. The van der Waals surface area contributed by atoms with Crippen molar-refractivity contribution >= 4 is 18.1 Å². The molecule has 6 nitrogen and oxygen atoms in total. The number of para-hydroxylation sites is 1. The number of imidazole rings is 1. The normalized spacial score (nSPS) is 23.8. The Morgan fingerprint density at radius 3 is 2.72 bits per heavy atom. The smallest absolute Gasteiger partial charge is 0.272 e. The number of H-pyrrole nitrogens is 1. The minimum absolute atomic E-state index is 0.0394. The molecule has 25 heavy (non-hydrogen) atoms. The van der Waals surface area contributed by atoms with E-state index in [1.54, 1.807) is 10.8 Å². The molecule has 1 aromatic carbocycles. The molecule has 2 aliphatic rings. The van der Waals surface area contributed by atoms with Crippen LogP contribution in [-0.2, 0) is 9.47 Å². The lowest BCUT2D eigenvalue weighted by molar-refractivity contribution is -0.0868. The summed E-state index contributed by atoms with van der Waals surface area (Å²) in [6.45, 7) is 2.45. The molecule has 7 heteroatoms. The number of rotatable bonds is 3. The number of aromatic nitrogens is 2. The van der Waals surface area contributed by atoms with Crippen molar-refractivity contribution in [3.05, 3.63) is 47.0 Å². The van der Waals surface area contributed by atoms with Gasteiger partial charge in [-0.15, -0.1) is 0 Å². The SMILES string of the molecule is O=C(c1c[nH]c(=S)n1-c1ccccc1)N1CCO[C@@H]([C@H]2CCCO2)C1. The molecule has 0 bridgehead atoms. The lowest BCUT2D eigenvalue weighted by Gasteiger charge is -2.35. The lowest BCUT2D eigenvalue weighted by atomic mass is 10.1. The lowest BCUT2D eigenvalue weighted by Crippen LogP contribution is -2.50. The molecule has 2 saturated heterocycles. The number of benzene rings is 1. The zero-order valence-corrected chi connectivity index (χ0v) is 14.7. The van der Waals surface area contributed by atoms with Crippen LogP contribution in [0.3, 0.4) is 0 Å². The van der Waals surface area contributed by atoms with Crippen molar-refractivity contribution in [2.45, 2.75) is 25.0 Å². The highest BCUT2D eigenvalue weighted by atomic mass is 32.1.